The predicted molar refractivity (Wildman–Crippen MR) is 154 cm³/mol. The second-order valence-corrected chi connectivity index (χ2v) is 11.5. The van der Waals surface area contributed by atoms with Crippen molar-refractivity contribution in [3.05, 3.63) is 101 Å². The summed E-state index contributed by atoms with van der Waals surface area (Å²) in [5.74, 6) is 1.23. The Kier molecular flexibility index (Phi) is 7.07. The third-order valence-electron chi connectivity index (χ3n) is 9.31. The number of esters is 1. The van der Waals surface area contributed by atoms with Gasteiger partial charge in [-0.15, -0.1) is 0 Å². The average Bonchev–Trinajstić information content (AvgIpc) is 3.44. The summed E-state index contributed by atoms with van der Waals surface area (Å²) in [4.78, 5) is 13.3. The van der Waals surface area contributed by atoms with Gasteiger partial charge in [0.05, 0.1) is 18.8 Å². The summed E-state index contributed by atoms with van der Waals surface area (Å²) >= 11 is 0. The lowest BCUT2D eigenvalue weighted by molar-refractivity contribution is 0.0267. The molecule has 6 rings (SSSR count). The number of methoxy groups -OCH3 is 1. The Balaban J connectivity index is 1.24. The SMILES string of the molecule is CCCCC[C@H](O)/C=C1/[C@H]2[C@H](OC(=O)c3ccc(-c4ccccc4)cc3)C[C@@H]3Cc4c(cccc4OC)C[C@@]132. The fourth-order valence-electron chi connectivity index (χ4n) is 7.38. The van der Waals surface area contributed by atoms with Gasteiger partial charge in [0.2, 0.25) is 0 Å². The largest absolute Gasteiger partial charge is 0.496 e. The average molecular weight is 523 g/mol. The van der Waals surface area contributed by atoms with Crippen LogP contribution in [0.4, 0.5) is 0 Å². The lowest BCUT2D eigenvalue weighted by atomic mass is 9.73. The normalized spacial score (nSPS) is 26.3. The standard InChI is InChI=1S/C35H38O4/c1-3-4-6-13-28(36)21-30-33-32(20-27-19-29-26(22-35(27,30)33)12-9-14-31(29)38-2)39-34(37)25-17-15-24(16-18-25)23-10-7-5-8-11-23/h5,7-12,14-18,21,27-28,32-33,36H,3-4,6,13,19-20,22H2,1-2H3/b30-21-/t27-,28-,32+,33-,35-/m0/s1. The van der Waals surface area contributed by atoms with Crippen LogP contribution in [0.2, 0.25) is 0 Å². The van der Waals surface area contributed by atoms with Gasteiger partial charge in [-0.3, -0.25) is 0 Å². The van der Waals surface area contributed by atoms with Crippen LogP contribution in [0.5, 0.6) is 5.75 Å². The van der Waals surface area contributed by atoms with Crippen LogP contribution in [0, 0.1) is 17.3 Å². The maximum atomic E-state index is 13.3. The predicted octanol–water partition coefficient (Wildman–Crippen LogP) is 7.19. The Hall–Kier alpha value is -3.37. The molecule has 0 saturated heterocycles. The van der Waals surface area contributed by atoms with Gasteiger partial charge in [-0.2, -0.15) is 0 Å². The summed E-state index contributed by atoms with van der Waals surface area (Å²) < 4.78 is 12.0. The number of aliphatic hydroxyl groups excluding tert-OH is 1. The zero-order chi connectivity index (χ0) is 27.0. The molecule has 3 aromatic carbocycles. The van der Waals surface area contributed by atoms with E-state index in [1.807, 2.05) is 48.5 Å². The molecule has 0 aromatic heterocycles. The van der Waals surface area contributed by atoms with Crippen molar-refractivity contribution in [3.63, 3.8) is 0 Å². The molecular weight excluding hydrogens is 484 g/mol. The highest BCUT2D eigenvalue weighted by Crippen LogP contribution is 2.75. The van der Waals surface area contributed by atoms with Crippen molar-refractivity contribution in [2.45, 2.75) is 64.1 Å². The minimum Gasteiger partial charge on any atom is -0.496 e. The summed E-state index contributed by atoms with van der Waals surface area (Å²) in [7, 11) is 1.74. The first-order chi connectivity index (χ1) is 19.0. The molecule has 0 unspecified atom stereocenters. The molecule has 3 aromatic rings. The van der Waals surface area contributed by atoms with E-state index in [1.54, 1.807) is 7.11 Å². The van der Waals surface area contributed by atoms with Crippen LogP contribution in [0.3, 0.4) is 0 Å². The summed E-state index contributed by atoms with van der Waals surface area (Å²) in [5.41, 5.74) is 6.67. The van der Waals surface area contributed by atoms with Crippen LogP contribution in [-0.4, -0.2) is 30.4 Å². The lowest BCUT2D eigenvalue weighted by Crippen LogP contribution is -2.26. The summed E-state index contributed by atoms with van der Waals surface area (Å²) in [5, 5.41) is 10.9. The number of unbranched alkanes of at least 4 members (excludes halogenated alkanes) is 2. The molecule has 202 valence electrons. The van der Waals surface area contributed by atoms with Gasteiger partial charge in [0, 0.05) is 11.3 Å². The molecule has 0 radical (unpaired) electrons. The smallest absolute Gasteiger partial charge is 0.338 e. The Morgan fingerprint density at radius 3 is 2.54 bits per heavy atom. The molecule has 0 aliphatic heterocycles. The maximum absolute atomic E-state index is 13.3. The number of fused-ring (bicyclic) bond motifs is 1. The zero-order valence-corrected chi connectivity index (χ0v) is 22.9. The lowest BCUT2D eigenvalue weighted by Gasteiger charge is -2.32. The van der Waals surface area contributed by atoms with Crippen molar-refractivity contribution in [2.24, 2.45) is 17.3 Å². The topological polar surface area (TPSA) is 55.8 Å². The van der Waals surface area contributed by atoms with Gasteiger partial charge in [-0.25, -0.2) is 4.79 Å². The van der Waals surface area contributed by atoms with Gasteiger partial charge >= 0.3 is 5.97 Å². The van der Waals surface area contributed by atoms with Crippen molar-refractivity contribution in [1.29, 1.82) is 0 Å². The molecule has 2 fully saturated rings. The summed E-state index contributed by atoms with van der Waals surface area (Å²) in [6.07, 6.45) is 8.25. The quantitative estimate of drug-likeness (QED) is 0.184. The van der Waals surface area contributed by atoms with E-state index in [2.05, 4.69) is 37.3 Å². The number of benzene rings is 3. The first-order valence-electron chi connectivity index (χ1n) is 14.5. The molecule has 1 spiro atoms. The molecule has 0 heterocycles. The molecule has 2 saturated carbocycles. The van der Waals surface area contributed by atoms with E-state index >= 15 is 0 Å². The molecule has 0 amide bonds. The zero-order valence-electron chi connectivity index (χ0n) is 22.9. The summed E-state index contributed by atoms with van der Waals surface area (Å²) in [6.45, 7) is 2.18. The number of rotatable bonds is 9. The van der Waals surface area contributed by atoms with Crippen LogP contribution >= 0.6 is 0 Å². The van der Waals surface area contributed by atoms with E-state index in [0.717, 1.165) is 61.8 Å². The molecule has 3 aliphatic rings. The van der Waals surface area contributed by atoms with Crippen molar-refractivity contribution in [2.75, 3.05) is 7.11 Å². The first-order valence-corrected chi connectivity index (χ1v) is 14.5. The van der Waals surface area contributed by atoms with Gasteiger partial charge in [0.25, 0.3) is 0 Å². The molecule has 5 atom stereocenters. The Morgan fingerprint density at radius 1 is 1.03 bits per heavy atom. The molecule has 4 heteroatoms. The second kappa shape index (κ2) is 10.7. The van der Waals surface area contributed by atoms with E-state index in [1.165, 1.54) is 16.7 Å². The molecule has 39 heavy (non-hydrogen) atoms. The van der Waals surface area contributed by atoms with E-state index in [-0.39, 0.29) is 23.4 Å². The number of hydrogen-bond donors (Lipinski definition) is 1. The van der Waals surface area contributed by atoms with Crippen LogP contribution in [0.1, 0.15) is 60.5 Å². The molecule has 0 bridgehead atoms. The first kappa shape index (κ1) is 25.9. The number of hydrogen-bond acceptors (Lipinski definition) is 4. The van der Waals surface area contributed by atoms with Gasteiger partial charge < -0.3 is 14.6 Å². The van der Waals surface area contributed by atoms with E-state index in [4.69, 9.17) is 9.47 Å². The van der Waals surface area contributed by atoms with E-state index in [0.29, 0.717) is 11.5 Å². The van der Waals surface area contributed by atoms with Gasteiger partial charge in [-0.05, 0) is 72.1 Å². The maximum Gasteiger partial charge on any atom is 0.338 e. The minimum atomic E-state index is -0.444. The van der Waals surface area contributed by atoms with Gasteiger partial charge in [-0.1, -0.05) is 92.4 Å². The van der Waals surface area contributed by atoms with E-state index in [9.17, 15) is 9.90 Å². The number of carbonyl (C=O) groups is 1. The van der Waals surface area contributed by atoms with Crippen LogP contribution < -0.4 is 4.74 Å². The van der Waals surface area contributed by atoms with Crippen LogP contribution in [0.25, 0.3) is 11.1 Å². The van der Waals surface area contributed by atoms with E-state index < -0.39 is 6.10 Å². The number of aliphatic hydroxyl groups is 1. The van der Waals surface area contributed by atoms with Gasteiger partial charge in [0.1, 0.15) is 11.9 Å². The van der Waals surface area contributed by atoms with Crippen molar-refractivity contribution in [3.8, 4) is 16.9 Å². The highest BCUT2D eigenvalue weighted by atomic mass is 16.5. The fraction of sp³-hybridized carbons (Fsp3) is 0.400. The minimum absolute atomic E-state index is 0.0206. The highest BCUT2D eigenvalue weighted by Gasteiger charge is 2.72. The van der Waals surface area contributed by atoms with Crippen molar-refractivity contribution >= 4 is 5.97 Å². The Labute approximate surface area is 231 Å². The van der Waals surface area contributed by atoms with Crippen molar-refractivity contribution < 1.29 is 19.4 Å². The van der Waals surface area contributed by atoms with Crippen LogP contribution in [0.15, 0.2) is 84.4 Å². The van der Waals surface area contributed by atoms with Crippen LogP contribution in [-0.2, 0) is 17.6 Å². The Morgan fingerprint density at radius 2 is 1.79 bits per heavy atom. The third kappa shape index (κ3) is 4.69. The second-order valence-electron chi connectivity index (χ2n) is 11.5. The van der Waals surface area contributed by atoms with Crippen molar-refractivity contribution in [1.82, 2.24) is 0 Å². The molecule has 1 N–H and O–H groups in total. The highest BCUT2D eigenvalue weighted by molar-refractivity contribution is 5.90. The van der Waals surface area contributed by atoms with Gasteiger partial charge in [0.15, 0.2) is 0 Å². The monoisotopic (exact) mass is 522 g/mol. The molecule has 4 nitrogen and oxygen atoms in total. The Bertz CT molecular complexity index is 1360. The summed E-state index contributed by atoms with van der Waals surface area (Å²) in [6, 6.07) is 24.2. The molecular formula is C35H38O4. The molecule has 3 aliphatic carbocycles. The number of ether oxygens (including phenoxy) is 2. The number of carbonyl (C=O) groups excluding carboxylic acids is 1. The third-order valence-corrected chi connectivity index (χ3v) is 9.31. The fourth-order valence-corrected chi connectivity index (χ4v) is 7.38.